The number of benzene rings is 3. The van der Waals surface area contributed by atoms with Gasteiger partial charge in [-0.05, 0) is 35.9 Å². The Bertz CT molecular complexity index is 1390. The molecule has 2 heterocycles. The number of fused-ring (bicyclic) bond motifs is 1. The quantitative estimate of drug-likeness (QED) is 0.272. The molecular weight excluding hydrogens is 414 g/mol. The van der Waals surface area contributed by atoms with Crippen molar-refractivity contribution in [2.45, 2.75) is 6.04 Å². The van der Waals surface area contributed by atoms with Crippen molar-refractivity contribution in [2.24, 2.45) is 0 Å². The van der Waals surface area contributed by atoms with Gasteiger partial charge in [-0.2, -0.15) is 0 Å². The normalized spacial score (nSPS) is 17.6. The number of hydrogen-bond acceptors (Lipinski definition) is 4. The third-order valence-electron chi connectivity index (χ3n) is 6.05. The fourth-order valence-corrected chi connectivity index (χ4v) is 4.37. The fraction of sp³-hybridized carbons (Fsp3) is 0.111. The van der Waals surface area contributed by atoms with E-state index in [1.54, 1.807) is 6.20 Å². The van der Waals surface area contributed by atoms with Crippen LogP contribution < -0.4 is 9.80 Å². The van der Waals surface area contributed by atoms with Crippen molar-refractivity contribution in [2.75, 3.05) is 23.9 Å². The van der Waals surface area contributed by atoms with Crippen LogP contribution in [0.25, 0.3) is 16.7 Å². The lowest BCUT2D eigenvalue weighted by molar-refractivity contribution is -0.132. The number of hydrogen-bond donors (Lipinski definition) is 2. The number of amides is 1. The van der Waals surface area contributed by atoms with Crippen LogP contribution in [0.5, 0.6) is 0 Å². The van der Waals surface area contributed by atoms with Crippen molar-refractivity contribution in [3.05, 3.63) is 102 Å². The molecule has 0 radical (unpaired) electrons. The summed E-state index contributed by atoms with van der Waals surface area (Å²) >= 11 is 0. The number of aromatic nitrogens is 1. The molecule has 1 aromatic heterocycles. The van der Waals surface area contributed by atoms with Crippen LogP contribution in [0.4, 0.5) is 11.4 Å². The van der Waals surface area contributed by atoms with Crippen LogP contribution in [0.15, 0.2) is 90.6 Å². The molecule has 0 spiro atoms. The molecule has 6 heteroatoms. The first kappa shape index (κ1) is 20.6. The number of aliphatic hydroxyl groups is 1. The minimum absolute atomic E-state index is 0.0765. The van der Waals surface area contributed by atoms with Crippen molar-refractivity contribution >= 4 is 39.7 Å². The third-order valence-corrected chi connectivity index (χ3v) is 6.05. The fourth-order valence-electron chi connectivity index (χ4n) is 4.37. The highest BCUT2D eigenvalue weighted by molar-refractivity contribution is 6.51. The molecule has 1 saturated heterocycles. The number of carbonyl (C=O) groups excluding carboxylic acids is 2. The van der Waals surface area contributed by atoms with Crippen LogP contribution in [-0.4, -0.2) is 35.9 Å². The number of aliphatic hydroxyl groups excluding tert-OH is 1. The second-order valence-corrected chi connectivity index (χ2v) is 8.24. The number of aromatic amines is 1. The predicted octanol–water partition coefficient (Wildman–Crippen LogP) is 4.86. The molecule has 164 valence electrons. The Hall–Kier alpha value is -4.32. The number of Topliss-reactive ketones (excluding diaryl/α,β-unsaturated/α-hetero) is 1. The maximum Gasteiger partial charge on any atom is 0.300 e. The van der Waals surface area contributed by atoms with Crippen molar-refractivity contribution in [3.63, 3.8) is 0 Å². The summed E-state index contributed by atoms with van der Waals surface area (Å²) in [5, 5.41) is 12.1. The Morgan fingerprint density at radius 3 is 2.27 bits per heavy atom. The summed E-state index contributed by atoms with van der Waals surface area (Å²) in [6.45, 7) is 0. The van der Waals surface area contributed by atoms with Crippen molar-refractivity contribution < 1.29 is 14.7 Å². The van der Waals surface area contributed by atoms with Crippen LogP contribution in [0.2, 0.25) is 0 Å². The Morgan fingerprint density at radius 2 is 1.58 bits per heavy atom. The average Bonchev–Trinajstić information content (AvgIpc) is 3.38. The standard InChI is InChI=1S/C27H23N3O3/c1-29(2)18-12-14-19(15-13-18)30-24(17-8-4-3-5-9-17)23(26(32)27(30)33)25(31)21-16-28-22-11-7-6-10-20(21)22/h3-16,24,28,31H,1-2H3/b25-23-. The predicted molar refractivity (Wildman–Crippen MR) is 130 cm³/mol. The van der Waals surface area contributed by atoms with E-state index in [4.69, 9.17) is 0 Å². The smallest absolute Gasteiger partial charge is 0.300 e. The highest BCUT2D eigenvalue weighted by Crippen LogP contribution is 2.43. The van der Waals surface area contributed by atoms with E-state index in [1.807, 2.05) is 97.9 Å². The zero-order valence-corrected chi connectivity index (χ0v) is 18.3. The van der Waals surface area contributed by atoms with Crippen LogP contribution in [-0.2, 0) is 9.59 Å². The monoisotopic (exact) mass is 437 g/mol. The number of anilines is 2. The topological polar surface area (TPSA) is 76.6 Å². The summed E-state index contributed by atoms with van der Waals surface area (Å²) in [5.41, 5.74) is 3.72. The lowest BCUT2D eigenvalue weighted by Gasteiger charge is -2.26. The van der Waals surface area contributed by atoms with E-state index in [0.717, 1.165) is 22.2 Å². The van der Waals surface area contributed by atoms with Gasteiger partial charge in [-0.3, -0.25) is 14.5 Å². The van der Waals surface area contributed by atoms with Crippen LogP contribution in [0.3, 0.4) is 0 Å². The Kier molecular flexibility index (Phi) is 4.98. The number of para-hydroxylation sites is 1. The van der Waals surface area contributed by atoms with E-state index in [0.29, 0.717) is 11.3 Å². The molecule has 1 aliphatic rings. The maximum atomic E-state index is 13.3. The lowest BCUT2D eigenvalue weighted by Crippen LogP contribution is -2.29. The SMILES string of the molecule is CN(C)c1ccc(N2C(=O)C(=O)/C(=C(\O)c3c[nH]c4ccccc34)C2c2ccccc2)cc1. The second kappa shape index (κ2) is 7.98. The van der Waals surface area contributed by atoms with Crippen molar-refractivity contribution in [1.82, 2.24) is 4.98 Å². The average molecular weight is 437 g/mol. The highest BCUT2D eigenvalue weighted by Gasteiger charge is 2.47. The van der Waals surface area contributed by atoms with E-state index < -0.39 is 17.7 Å². The molecule has 1 fully saturated rings. The molecular formula is C27H23N3O3. The van der Waals surface area contributed by atoms with Crippen LogP contribution in [0.1, 0.15) is 17.2 Å². The Morgan fingerprint density at radius 1 is 0.909 bits per heavy atom. The van der Waals surface area contributed by atoms with Gasteiger partial charge in [0.1, 0.15) is 5.76 Å². The van der Waals surface area contributed by atoms with E-state index in [-0.39, 0.29) is 11.3 Å². The number of nitrogens with one attached hydrogen (secondary N) is 1. The van der Waals surface area contributed by atoms with Crippen LogP contribution >= 0.6 is 0 Å². The van der Waals surface area contributed by atoms with E-state index in [1.165, 1.54) is 4.90 Å². The molecule has 4 aromatic rings. The van der Waals surface area contributed by atoms with Gasteiger partial charge in [-0.15, -0.1) is 0 Å². The summed E-state index contributed by atoms with van der Waals surface area (Å²) in [6, 6.07) is 23.5. The molecule has 0 bridgehead atoms. The first-order valence-electron chi connectivity index (χ1n) is 10.7. The number of H-pyrrole nitrogens is 1. The summed E-state index contributed by atoms with van der Waals surface area (Å²) in [4.78, 5) is 33.1. The zero-order valence-electron chi connectivity index (χ0n) is 18.3. The molecule has 1 aliphatic heterocycles. The molecule has 1 unspecified atom stereocenters. The van der Waals surface area contributed by atoms with Gasteiger partial charge in [0.05, 0.1) is 11.6 Å². The zero-order chi connectivity index (χ0) is 23.1. The first-order chi connectivity index (χ1) is 16.0. The lowest BCUT2D eigenvalue weighted by atomic mass is 9.95. The van der Waals surface area contributed by atoms with Crippen molar-refractivity contribution in [1.29, 1.82) is 0 Å². The molecule has 5 rings (SSSR count). The largest absolute Gasteiger partial charge is 0.507 e. The molecule has 0 saturated carbocycles. The minimum Gasteiger partial charge on any atom is -0.507 e. The van der Waals surface area contributed by atoms with Gasteiger partial charge in [-0.1, -0.05) is 48.5 Å². The molecule has 1 amide bonds. The van der Waals surface area contributed by atoms with Gasteiger partial charge in [0.25, 0.3) is 11.7 Å². The van der Waals surface area contributed by atoms with Gasteiger partial charge >= 0.3 is 0 Å². The molecule has 33 heavy (non-hydrogen) atoms. The number of ketones is 1. The van der Waals surface area contributed by atoms with E-state index in [2.05, 4.69) is 4.98 Å². The molecule has 1 atom stereocenters. The highest BCUT2D eigenvalue weighted by atomic mass is 16.3. The van der Waals surface area contributed by atoms with Crippen molar-refractivity contribution in [3.8, 4) is 0 Å². The summed E-state index contributed by atoms with van der Waals surface area (Å²) in [7, 11) is 3.87. The number of nitrogens with zero attached hydrogens (tertiary/aromatic N) is 2. The van der Waals surface area contributed by atoms with E-state index >= 15 is 0 Å². The van der Waals surface area contributed by atoms with Crippen LogP contribution in [0, 0.1) is 0 Å². The van der Waals surface area contributed by atoms with Gasteiger partial charge in [-0.25, -0.2) is 0 Å². The number of rotatable bonds is 4. The number of carbonyl (C=O) groups is 2. The molecule has 6 nitrogen and oxygen atoms in total. The Balaban J connectivity index is 1.71. The summed E-state index contributed by atoms with van der Waals surface area (Å²) < 4.78 is 0. The van der Waals surface area contributed by atoms with Gasteiger partial charge < -0.3 is 15.0 Å². The van der Waals surface area contributed by atoms with Gasteiger partial charge in [0, 0.05) is 48.1 Å². The molecule has 0 aliphatic carbocycles. The van der Waals surface area contributed by atoms with Gasteiger partial charge in [0.2, 0.25) is 0 Å². The maximum absolute atomic E-state index is 13.3. The first-order valence-corrected chi connectivity index (χ1v) is 10.7. The third kappa shape index (κ3) is 3.36. The minimum atomic E-state index is -0.745. The Labute approximate surface area is 191 Å². The summed E-state index contributed by atoms with van der Waals surface area (Å²) in [5.74, 6) is -1.56. The molecule has 3 aromatic carbocycles. The van der Waals surface area contributed by atoms with E-state index in [9.17, 15) is 14.7 Å². The second-order valence-electron chi connectivity index (χ2n) is 8.24. The van der Waals surface area contributed by atoms with Gasteiger partial charge in [0.15, 0.2) is 0 Å². The molecule has 2 N–H and O–H groups in total. The summed E-state index contributed by atoms with van der Waals surface area (Å²) in [6.07, 6.45) is 1.67.